The molecular formula is C19H20N2O7. The number of hydrogen-bond acceptors (Lipinski definition) is 7. The Bertz CT molecular complexity index is 867. The molecule has 9 nitrogen and oxygen atoms in total. The average molecular weight is 388 g/mol. The van der Waals surface area contributed by atoms with Crippen LogP contribution in [0.15, 0.2) is 36.4 Å². The van der Waals surface area contributed by atoms with Crippen LogP contribution >= 0.6 is 0 Å². The van der Waals surface area contributed by atoms with Crippen molar-refractivity contribution in [3.8, 4) is 17.2 Å². The molecule has 2 rings (SSSR count). The van der Waals surface area contributed by atoms with Crippen LogP contribution in [0.5, 0.6) is 17.2 Å². The lowest BCUT2D eigenvalue weighted by atomic mass is 10.1. The van der Waals surface area contributed by atoms with Gasteiger partial charge in [0.15, 0.2) is 24.4 Å². The smallest absolute Gasteiger partial charge is 0.270 e. The van der Waals surface area contributed by atoms with Crippen molar-refractivity contribution in [1.82, 2.24) is 5.32 Å². The molecular weight excluding hydrogens is 368 g/mol. The van der Waals surface area contributed by atoms with E-state index < -0.39 is 4.92 Å². The van der Waals surface area contributed by atoms with Gasteiger partial charge in [-0.1, -0.05) is 6.07 Å². The summed E-state index contributed by atoms with van der Waals surface area (Å²) in [5.41, 5.74) is 0.735. The van der Waals surface area contributed by atoms with Gasteiger partial charge < -0.3 is 19.5 Å². The molecule has 0 aliphatic heterocycles. The van der Waals surface area contributed by atoms with Crippen LogP contribution in [0.1, 0.15) is 15.9 Å². The van der Waals surface area contributed by atoms with Crippen LogP contribution < -0.4 is 19.5 Å². The minimum Gasteiger partial charge on any atom is -0.493 e. The predicted octanol–water partition coefficient (Wildman–Crippen LogP) is 2.16. The molecule has 2 aromatic rings. The van der Waals surface area contributed by atoms with Crippen LogP contribution in [-0.4, -0.2) is 44.5 Å². The van der Waals surface area contributed by atoms with Crippen LogP contribution in [0.25, 0.3) is 0 Å². The second kappa shape index (κ2) is 9.91. The largest absolute Gasteiger partial charge is 0.493 e. The van der Waals surface area contributed by atoms with E-state index in [4.69, 9.17) is 14.2 Å². The van der Waals surface area contributed by atoms with Gasteiger partial charge in [0, 0.05) is 18.7 Å². The number of ether oxygens (including phenoxy) is 3. The molecule has 0 saturated carbocycles. The molecule has 0 radical (unpaired) electrons. The molecule has 0 fully saturated rings. The Morgan fingerprint density at radius 1 is 1.11 bits per heavy atom. The monoisotopic (exact) mass is 388 g/mol. The van der Waals surface area contributed by atoms with Crippen molar-refractivity contribution in [2.24, 2.45) is 0 Å². The first-order valence-electron chi connectivity index (χ1n) is 8.32. The second-order valence-electron chi connectivity index (χ2n) is 5.68. The highest BCUT2D eigenvalue weighted by Gasteiger charge is 2.12. The number of carbonyl (C=O) groups excluding carboxylic acids is 2. The van der Waals surface area contributed by atoms with Gasteiger partial charge >= 0.3 is 0 Å². The molecule has 0 bridgehead atoms. The Labute approximate surface area is 161 Å². The summed E-state index contributed by atoms with van der Waals surface area (Å²) < 4.78 is 15.7. The third-order valence-corrected chi connectivity index (χ3v) is 3.87. The Kier molecular flexibility index (Phi) is 7.32. The number of non-ortho nitro benzene ring substituents is 1. The average Bonchev–Trinajstić information content (AvgIpc) is 2.71. The molecule has 9 heteroatoms. The highest BCUT2D eigenvalue weighted by atomic mass is 16.6. The van der Waals surface area contributed by atoms with Gasteiger partial charge in [0.25, 0.3) is 11.6 Å². The fourth-order valence-electron chi connectivity index (χ4n) is 2.45. The lowest BCUT2D eigenvalue weighted by Gasteiger charge is -2.11. The van der Waals surface area contributed by atoms with Crippen LogP contribution in [0, 0.1) is 10.1 Å². The number of amides is 1. The van der Waals surface area contributed by atoms with Gasteiger partial charge in [0.05, 0.1) is 24.7 Å². The van der Waals surface area contributed by atoms with E-state index in [2.05, 4.69) is 5.32 Å². The van der Waals surface area contributed by atoms with E-state index in [0.29, 0.717) is 30.8 Å². The van der Waals surface area contributed by atoms with Gasteiger partial charge in [0.2, 0.25) is 0 Å². The zero-order chi connectivity index (χ0) is 20.5. The van der Waals surface area contributed by atoms with E-state index in [9.17, 15) is 19.7 Å². The normalized spacial score (nSPS) is 10.1. The van der Waals surface area contributed by atoms with Crippen LogP contribution in [0.3, 0.4) is 0 Å². The number of nitrogens with zero attached hydrogens (tertiary/aromatic N) is 1. The fourth-order valence-corrected chi connectivity index (χ4v) is 2.45. The number of benzene rings is 2. The van der Waals surface area contributed by atoms with Gasteiger partial charge in [0.1, 0.15) is 5.75 Å². The maximum atomic E-state index is 11.9. The van der Waals surface area contributed by atoms with E-state index in [0.717, 1.165) is 11.6 Å². The Balaban J connectivity index is 1.85. The molecule has 0 saturated heterocycles. The molecule has 0 aliphatic carbocycles. The first-order valence-corrected chi connectivity index (χ1v) is 8.32. The molecule has 1 N–H and O–H groups in total. The molecule has 0 unspecified atom stereocenters. The number of carbonyl (C=O) groups is 2. The van der Waals surface area contributed by atoms with Crippen LogP contribution in [0.2, 0.25) is 0 Å². The summed E-state index contributed by atoms with van der Waals surface area (Å²) in [5, 5.41) is 13.4. The van der Waals surface area contributed by atoms with E-state index in [1.165, 1.54) is 12.1 Å². The summed E-state index contributed by atoms with van der Waals surface area (Å²) in [4.78, 5) is 33.1. The maximum absolute atomic E-state index is 11.9. The van der Waals surface area contributed by atoms with Crippen LogP contribution in [-0.2, 0) is 11.2 Å². The molecule has 2 aromatic carbocycles. The van der Waals surface area contributed by atoms with Crippen molar-refractivity contribution >= 4 is 17.9 Å². The molecule has 0 spiro atoms. The number of nitrogens with one attached hydrogen (secondary N) is 1. The number of methoxy groups -OCH3 is 2. The zero-order valence-electron chi connectivity index (χ0n) is 15.5. The summed E-state index contributed by atoms with van der Waals surface area (Å²) >= 11 is 0. The summed E-state index contributed by atoms with van der Waals surface area (Å²) in [5.74, 6) is 0.957. The third kappa shape index (κ3) is 5.44. The summed E-state index contributed by atoms with van der Waals surface area (Å²) in [6.07, 6.45) is 1.01. The molecule has 0 aromatic heterocycles. The van der Waals surface area contributed by atoms with Crippen LogP contribution in [0.4, 0.5) is 5.69 Å². The molecule has 1 amide bonds. The van der Waals surface area contributed by atoms with E-state index in [-0.39, 0.29) is 29.5 Å². The van der Waals surface area contributed by atoms with Crippen molar-refractivity contribution in [2.45, 2.75) is 6.42 Å². The minimum atomic E-state index is -0.613. The fraction of sp³-hybridized carbons (Fsp3) is 0.263. The molecule has 0 aliphatic rings. The number of nitro benzene ring substituents is 1. The minimum absolute atomic E-state index is 0.00679. The lowest BCUT2D eigenvalue weighted by molar-refractivity contribution is -0.384. The molecule has 148 valence electrons. The van der Waals surface area contributed by atoms with Crippen molar-refractivity contribution in [1.29, 1.82) is 0 Å². The van der Waals surface area contributed by atoms with E-state index >= 15 is 0 Å². The van der Waals surface area contributed by atoms with E-state index in [1.54, 1.807) is 20.3 Å². The number of nitro groups is 1. The first kappa shape index (κ1) is 20.7. The van der Waals surface area contributed by atoms with Crippen molar-refractivity contribution in [3.63, 3.8) is 0 Å². The standard InChI is InChI=1S/C19H20N2O7/c1-26-17-5-3-13(9-18(17)27-2)7-8-20-19(23)12-28-16-6-4-15(21(24)25)10-14(16)11-22/h3-6,9-11H,7-8,12H2,1-2H3,(H,20,23). The highest BCUT2D eigenvalue weighted by molar-refractivity contribution is 5.82. The summed E-state index contributed by atoms with van der Waals surface area (Å²) in [6.45, 7) is 0.0586. The number of hydrogen-bond donors (Lipinski definition) is 1. The number of rotatable bonds is 10. The summed E-state index contributed by atoms with van der Waals surface area (Å²) in [7, 11) is 3.10. The van der Waals surface area contributed by atoms with Gasteiger partial charge in [-0.15, -0.1) is 0 Å². The Hall–Kier alpha value is -3.62. The third-order valence-electron chi connectivity index (χ3n) is 3.87. The second-order valence-corrected chi connectivity index (χ2v) is 5.68. The van der Waals surface area contributed by atoms with Crippen molar-refractivity contribution < 1.29 is 28.7 Å². The van der Waals surface area contributed by atoms with Gasteiger partial charge in [-0.2, -0.15) is 0 Å². The summed E-state index contributed by atoms with van der Waals surface area (Å²) in [6, 6.07) is 9.08. The van der Waals surface area contributed by atoms with Gasteiger partial charge in [-0.05, 0) is 30.2 Å². The maximum Gasteiger partial charge on any atom is 0.270 e. The zero-order valence-corrected chi connectivity index (χ0v) is 15.5. The Morgan fingerprint density at radius 3 is 2.46 bits per heavy atom. The van der Waals surface area contributed by atoms with Gasteiger partial charge in [-0.3, -0.25) is 19.7 Å². The number of aldehydes is 1. The predicted molar refractivity (Wildman–Crippen MR) is 100 cm³/mol. The van der Waals surface area contributed by atoms with Crippen molar-refractivity contribution in [3.05, 3.63) is 57.6 Å². The first-order chi connectivity index (χ1) is 13.5. The SMILES string of the molecule is COc1ccc(CCNC(=O)COc2ccc([N+](=O)[O-])cc2C=O)cc1OC. The van der Waals surface area contributed by atoms with E-state index in [1.807, 2.05) is 12.1 Å². The topological polar surface area (TPSA) is 117 Å². The van der Waals surface area contributed by atoms with Gasteiger partial charge in [-0.25, -0.2) is 0 Å². The molecule has 28 heavy (non-hydrogen) atoms. The highest BCUT2D eigenvalue weighted by Crippen LogP contribution is 2.27. The Morgan fingerprint density at radius 2 is 1.82 bits per heavy atom. The van der Waals surface area contributed by atoms with Crippen molar-refractivity contribution in [2.75, 3.05) is 27.4 Å². The molecule has 0 atom stereocenters. The quantitative estimate of drug-likeness (QED) is 0.376. The lowest BCUT2D eigenvalue weighted by Crippen LogP contribution is -2.30. The molecule has 0 heterocycles.